The predicted octanol–water partition coefficient (Wildman–Crippen LogP) is 1.74. The lowest BCUT2D eigenvalue weighted by molar-refractivity contribution is -0.125. The van der Waals surface area contributed by atoms with Crippen LogP contribution in [0.25, 0.3) is 11.4 Å². The average Bonchev–Trinajstić information content (AvgIpc) is 2.65. The van der Waals surface area contributed by atoms with E-state index in [2.05, 4.69) is 20.6 Å². The zero-order valence-corrected chi connectivity index (χ0v) is 16.1. The lowest BCUT2D eigenvalue weighted by atomic mass is 10.1. The van der Waals surface area contributed by atoms with Gasteiger partial charge in [-0.1, -0.05) is 0 Å². The topological polar surface area (TPSA) is 142 Å². The molecule has 0 saturated carbocycles. The van der Waals surface area contributed by atoms with Crippen molar-refractivity contribution < 1.29 is 24.6 Å². The van der Waals surface area contributed by atoms with Crippen LogP contribution in [-0.2, 0) is 9.59 Å². The van der Waals surface area contributed by atoms with E-state index < -0.39 is 17.9 Å². The molecule has 0 saturated heterocycles. The molecule has 1 atom stereocenters. The van der Waals surface area contributed by atoms with Gasteiger partial charge in [0.2, 0.25) is 17.7 Å². The van der Waals surface area contributed by atoms with Gasteiger partial charge in [0.15, 0.2) is 5.82 Å². The first-order chi connectivity index (χ1) is 13.3. The summed E-state index contributed by atoms with van der Waals surface area (Å²) in [7, 11) is 0. The van der Waals surface area contributed by atoms with Gasteiger partial charge in [-0.3, -0.25) is 9.59 Å². The van der Waals surface area contributed by atoms with Gasteiger partial charge in [0.05, 0.1) is 0 Å². The highest BCUT2D eigenvalue weighted by molar-refractivity contribution is 7.98. The molecule has 1 unspecified atom stereocenters. The van der Waals surface area contributed by atoms with Gasteiger partial charge in [-0.05, 0) is 42.7 Å². The maximum absolute atomic E-state index is 12.4. The van der Waals surface area contributed by atoms with E-state index in [4.69, 9.17) is 5.11 Å². The number of hydrogen-bond acceptors (Lipinski definition) is 7. The SMILES string of the molecule is CSCCC(NC(C)=O)C(=O)Nc1ccc(-c2ncc(C(=O)O)c(O)n2)cc1. The van der Waals surface area contributed by atoms with Gasteiger partial charge in [-0.25, -0.2) is 9.78 Å². The Balaban J connectivity index is 2.11. The smallest absolute Gasteiger partial charge is 0.342 e. The first kappa shape index (κ1) is 21.2. The molecule has 2 aromatic rings. The number of aromatic nitrogens is 2. The van der Waals surface area contributed by atoms with E-state index in [9.17, 15) is 19.5 Å². The van der Waals surface area contributed by atoms with Crippen molar-refractivity contribution >= 4 is 35.2 Å². The number of carboxylic acids is 1. The third kappa shape index (κ3) is 5.68. The van der Waals surface area contributed by atoms with Gasteiger partial charge in [0.1, 0.15) is 11.6 Å². The number of nitrogens with zero attached hydrogens (tertiary/aromatic N) is 2. The maximum atomic E-state index is 12.4. The molecule has 0 bridgehead atoms. The fourth-order valence-corrected chi connectivity index (χ4v) is 2.82. The molecule has 148 valence electrons. The van der Waals surface area contributed by atoms with Gasteiger partial charge >= 0.3 is 5.97 Å². The average molecular weight is 404 g/mol. The molecule has 10 heteroatoms. The van der Waals surface area contributed by atoms with Crippen LogP contribution in [0, 0.1) is 0 Å². The van der Waals surface area contributed by atoms with Crippen LogP contribution in [-0.4, -0.2) is 56.0 Å². The molecule has 4 N–H and O–H groups in total. The lowest BCUT2D eigenvalue weighted by Crippen LogP contribution is -2.43. The lowest BCUT2D eigenvalue weighted by Gasteiger charge is -2.17. The highest BCUT2D eigenvalue weighted by Gasteiger charge is 2.19. The summed E-state index contributed by atoms with van der Waals surface area (Å²) in [5, 5.41) is 23.9. The zero-order valence-electron chi connectivity index (χ0n) is 15.3. The van der Waals surface area contributed by atoms with E-state index in [-0.39, 0.29) is 23.2 Å². The van der Waals surface area contributed by atoms with Crippen molar-refractivity contribution in [1.29, 1.82) is 0 Å². The van der Waals surface area contributed by atoms with Gasteiger partial charge < -0.3 is 20.8 Å². The van der Waals surface area contributed by atoms with Crippen LogP contribution in [0.15, 0.2) is 30.5 Å². The molecular weight excluding hydrogens is 384 g/mol. The van der Waals surface area contributed by atoms with Gasteiger partial charge in [-0.15, -0.1) is 0 Å². The van der Waals surface area contributed by atoms with Crippen molar-refractivity contribution in [3.8, 4) is 17.3 Å². The van der Waals surface area contributed by atoms with Crippen molar-refractivity contribution in [1.82, 2.24) is 15.3 Å². The minimum atomic E-state index is -1.32. The Morgan fingerprint density at radius 3 is 2.43 bits per heavy atom. The molecule has 0 spiro atoms. The second-order valence-corrected chi connectivity index (χ2v) is 6.82. The minimum absolute atomic E-state index is 0.150. The number of nitrogens with one attached hydrogen (secondary N) is 2. The Morgan fingerprint density at radius 2 is 1.89 bits per heavy atom. The number of aromatic carboxylic acids is 1. The number of thioether (sulfide) groups is 1. The monoisotopic (exact) mass is 404 g/mol. The summed E-state index contributed by atoms with van der Waals surface area (Å²) < 4.78 is 0. The molecule has 1 aromatic carbocycles. The van der Waals surface area contributed by atoms with E-state index in [1.165, 1.54) is 6.92 Å². The third-order valence-corrected chi connectivity index (χ3v) is 4.36. The Kier molecular flexibility index (Phi) is 7.33. The Labute approximate surface area is 165 Å². The molecule has 2 amide bonds. The first-order valence-corrected chi connectivity index (χ1v) is 9.68. The number of carboxylic acid groups (broad SMARTS) is 1. The van der Waals surface area contributed by atoms with Crippen LogP contribution < -0.4 is 10.6 Å². The molecule has 0 aliphatic rings. The summed E-state index contributed by atoms with van der Waals surface area (Å²) >= 11 is 1.58. The van der Waals surface area contributed by atoms with Gasteiger partial charge in [0.25, 0.3) is 0 Å². The quantitative estimate of drug-likeness (QED) is 0.521. The summed E-state index contributed by atoms with van der Waals surface area (Å²) in [5.74, 6) is -1.67. The summed E-state index contributed by atoms with van der Waals surface area (Å²) in [6.07, 6.45) is 3.46. The van der Waals surface area contributed by atoms with E-state index in [1.54, 1.807) is 36.0 Å². The number of carbonyl (C=O) groups is 3. The third-order valence-electron chi connectivity index (χ3n) is 3.71. The Hall–Kier alpha value is -3.14. The van der Waals surface area contributed by atoms with Crippen molar-refractivity contribution in [3.05, 3.63) is 36.0 Å². The fourth-order valence-electron chi connectivity index (χ4n) is 2.34. The van der Waals surface area contributed by atoms with Crippen molar-refractivity contribution in [2.45, 2.75) is 19.4 Å². The summed E-state index contributed by atoms with van der Waals surface area (Å²) in [6.45, 7) is 1.36. The highest BCUT2D eigenvalue weighted by Crippen LogP contribution is 2.22. The summed E-state index contributed by atoms with van der Waals surface area (Å²) in [6, 6.07) is 5.87. The standard InChI is InChI=1S/C18H20N4O5S/c1-10(23)20-14(7-8-28-2)17(25)21-12-5-3-11(4-6-12)15-19-9-13(18(26)27)16(24)22-15/h3-6,9,14H,7-8H2,1-2H3,(H,20,23)(H,21,25)(H,26,27)(H,19,22,24). The number of carbonyl (C=O) groups excluding carboxylic acids is 2. The zero-order chi connectivity index (χ0) is 20.7. The van der Waals surface area contributed by atoms with Gasteiger partial charge in [-0.2, -0.15) is 16.7 Å². The molecule has 9 nitrogen and oxygen atoms in total. The molecule has 2 rings (SSSR count). The van der Waals surface area contributed by atoms with E-state index in [1.807, 2.05) is 6.26 Å². The predicted molar refractivity (Wildman–Crippen MR) is 105 cm³/mol. The Bertz CT molecular complexity index is 873. The van der Waals surface area contributed by atoms with Crippen LogP contribution in [0.3, 0.4) is 0 Å². The second kappa shape index (κ2) is 9.70. The number of rotatable bonds is 8. The van der Waals surface area contributed by atoms with Gasteiger partial charge in [0, 0.05) is 24.4 Å². The number of aromatic hydroxyl groups is 1. The minimum Gasteiger partial charge on any atom is -0.493 e. The largest absolute Gasteiger partial charge is 0.493 e. The Morgan fingerprint density at radius 1 is 1.21 bits per heavy atom. The molecule has 0 fully saturated rings. The van der Waals surface area contributed by atoms with E-state index in [0.717, 1.165) is 11.9 Å². The van der Waals surface area contributed by atoms with Crippen LogP contribution in [0.2, 0.25) is 0 Å². The van der Waals surface area contributed by atoms with Crippen LogP contribution >= 0.6 is 11.8 Å². The summed E-state index contributed by atoms with van der Waals surface area (Å²) in [4.78, 5) is 42.3. The fraction of sp³-hybridized carbons (Fsp3) is 0.278. The number of benzene rings is 1. The van der Waals surface area contributed by atoms with E-state index in [0.29, 0.717) is 17.7 Å². The molecule has 1 heterocycles. The molecule has 1 aromatic heterocycles. The summed E-state index contributed by atoms with van der Waals surface area (Å²) in [5.41, 5.74) is 0.660. The highest BCUT2D eigenvalue weighted by atomic mass is 32.2. The van der Waals surface area contributed by atoms with Crippen LogP contribution in [0.5, 0.6) is 5.88 Å². The molecule has 0 aliphatic heterocycles. The van der Waals surface area contributed by atoms with Crippen molar-refractivity contribution in [2.24, 2.45) is 0 Å². The molecule has 0 aliphatic carbocycles. The number of anilines is 1. The molecular formula is C18H20N4O5S. The second-order valence-electron chi connectivity index (χ2n) is 5.84. The molecule has 28 heavy (non-hydrogen) atoms. The first-order valence-electron chi connectivity index (χ1n) is 8.28. The van der Waals surface area contributed by atoms with Crippen LogP contribution in [0.4, 0.5) is 5.69 Å². The van der Waals surface area contributed by atoms with E-state index >= 15 is 0 Å². The maximum Gasteiger partial charge on any atom is 0.342 e. The normalized spacial score (nSPS) is 11.5. The number of hydrogen-bond donors (Lipinski definition) is 4. The van der Waals surface area contributed by atoms with Crippen LogP contribution in [0.1, 0.15) is 23.7 Å². The van der Waals surface area contributed by atoms with Crippen molar-refractivity contribution in [3.63, 3.8) is 0 Å². The molecule has 0 radical (unpaired) electrons. The van der Waals surface area contributed by atoms with Crippen molar-refractivity contribution in [2.75, 3.05) is 17.3 Å². The number of amides is 2.